The monoisotopic (exact) mass is 338 g/mol. The second kappa shape index (κ2) is 7.66. The van der Waals surface area contributed by atoms with Crippen LogP contribution in [0.2, 0.25) is 0 Å². The fraction of sp³-hybridized carbons (Fsp3) is 0.400. The van der Waals surface area contributed by atoms with E-state index in [0.717, 1.165) is 55.2 Å². The summed E-state index contributed by atoms with van der Waals surface area (Å²) in [6, 6.07) is 9.81. The summed E-state index contributed by atoms with van der Waals surface area (Å²) in [7, 11) is 0. The van der Waals surface area contributed by atoms with Crippen LogP contribution >= 0.6 is 0 Å². The van der Waals surface area contributed by atoms with Crippen LogP contribution in [-0.2, 0) is 0 Å². The van der Waals surface area contributed by atoms with E-state index < -0.39 is 0 Å². The molecule has 5 nitrogen and oxygen atoms in total. The quantitative estimate of drug-likeness (QED) is 0.931. The molecule has 2 heterocycles. The number of benzene rings is 1. The molecule has 25 heavy (non-hydrogen) atoms. The number of hydrogen-bond acceptors (Lipinski definition) is 4. The third kappa shape index (κ3) is 4.37. The fourth-order valence-corrected chi connectivity index (χ4v) is 3.27. The van der Waals surface area contributed by atoms with Crippen molar-refractivity contribution in [3.63, 3.8) is 0 Å². The molecule has 1 N–H and O–H groups in total. The number of hydrogen-bond donors (Lipinski definition) is 1. The Bertz CT molecular complexity index is 714. The van der Waals surface area contributed by atoms with Crippen molar-refractivity contribution in [1.29, 1.82) is 0 Å². The molecule has 1 aliphatic rings. The molecular weight excluding hydrogens is 312 g/mol. The number of amides is 1. The molecule has 132 valence electrons. The van der Waals surface area contributed by atoms with Crippen molar-refractivity contribution in [1.82, 2.24) is 9.88 Å². The Morgan fingerprint density at radius 1 is 1.08 bits per heavy atom. The van der Waals surface area contributed by atoms with Crippen molar-refractivity contribution in [3.05, 3.63) is 53.3 Å². The van der Waals surface area contributed by atoms with E-state index in [2.05, 4.69) is 33.1 Å². The fourth-order valence-electron chi connectivity index (χ4n) is 3.27. The van der Waals surface area contributed by atoms with Gasteiger partial charge in [-0.05, 0) is 55.8 Å². The molecule has 0 bridgehead atoms. The molecule has 2 aromatic rings. The van der Waals surface area contributed by atoms with Gasteiger partial charge in [0.05, 0.1) is 11.9 Å². The van der Waals surface area contributed by atoms with Crippen LogP contribution < -0.4 is 10.2 Å². The highest BCUT2D eigenvalue weighted by Crippen LogP contribution is 2.17. The molecular formula is C20H26N4O. The number of aryl methyl sites for hydroxylation is 2. The van der Waals surface area contributed by atoms with Gasteiger partial charge in [-0.25, -0.2) is 4.98 Å². The Labute approximate surface area is 149 Å². The maximum absolute atomic E-state index is 12.4. The summed E-state index contributed by atoms with van der Waals surface area (Å²) in [5, 5.41) is 2.93. The van der Waals surface area contributed by atoms with E-state index in [-0.39, 0.29) is 5.91 Å². The topological polar surface area (TPSA) is 48.5 Å². The van der Waals surface area contributed by atoms with E-state index in [0.29, 0.717) is 5.69 Å². The largest absolute Gasteiger partial charge is 0.368 e. The van der Waals surface area contributed by atoms with Gasteiger partial charge in [0.2, 0.25) is 0 Å². The average Bonchev–Trinajstić information content (AvgIpc) is 2.61. The van der Waals surface area contributed by atoms with Gasteiger partial charge in [-0.3, -0.25) is 4.79 Å². The maximum Gasteiger partial charge on any atom is 0.274 e. The first-order valence-corrected chi connectivity index (χ1v) is 8.88. The molecule has 0 unspecified atom stereocenters. The van der Waals surface area contributed by atoms with Gasteiger partial charge in [-0.2, -0.15) is 0 Å². The number of carbonyl (C=O) groups excluding carboxylic acids is 1. The molecule has 0 aliphatic carbocycles. The molecule has 0 spiro atoms. The molecule has 0 atom stereocenters. The lowest BCUT2D eigenvalue weighted by molar-refractivity contribution is 0.102. The molecule has 1 saturated heterocycles. The van der Waals surface area contributed by atoms with E-state index >= 15 is 0 Å². The van der Waals surface area contributed by atoms with Crippen molar-refractivity contribution in [2.75, 3.05) is 42.9 Å². The molecule has 1 aromatic heterocycles. The zero-order chi connectivity index (χ0) is 17.8. The van der Waals surface area contributed by atoms with Crippen LogP contribution in [0.25, 0.3) is 0 Å². The van der Waals surface area contributed by atoms with Crippen LogP contribution in [0.4, 0.5) is 11.4 Å². The summed E-state index contributed by atoms with van der Waals surface area (Å²) in [6.45, 7) is 11.5. The third-order valence-electron chi connectivity index (χ3n) is 4.64. The minimum absolute atomic E-state index is 0.174. The highest BCUT2D eigenvalue weighted by molar-refractivity contribution is 6.03. The van der Waals surface area contributed by atoms with Crippen LogP contribution in [0.1, 0.15) is 28.5 Å². The lowest BCUT2D eigenvalue weighted by Crippen LogP contribution is -2.46. The van der Waals surface area contributed by atoms with E-state index in [1.54, 1.807) is 12.3 Å². The summed E-state index contributed by atoms with van der Waals surface area (Å²) >= 11 is 0. The predicted octanol–water partition coefficient (Wildman–Crippen LogP) is 3.09. The molecule has 1 aliphatic heterocycles. The number of rotatable bonds is 4. The zero-order valence-corrected chi connectivity index (χ0v) is 15.2. The van der Waals surface area contributed by atoms with Gasteiger partial charge in [-0.15, -0.1) is 0 Å². The van der Waals surface area contributed by atoms with Gasteiger partial charge in [-0.1, -0.05) is 13.0 Å². The number of pyridine rings is 1. The van der Waals surface area contributed by atoms with E-state index in [1.807, 2.05) is 32.0 Å². The first-order chi connectivity index (χ1) is 12.0. The Hall–Kier alpha value is -2.40. The van der Waals surface area contributed by atoms with E-state index in [1.165, 1.54) is 0 Å². The highest BCUT2D eigenvalue weighted by Gasteiger charge is 2.16. The normalized spacial score (nSPS) is 15.2. The van der Waals surface area contributed by atoms with Gasteiger partial charge < -0.3 is 15.1 Å². The summed E-state index contributed by atoms with van der Waals surface area (Å²) in [5.74, 6) is -0.174. The van der Waals surface area contributed by atoms with Gasteiger partial charge >= 0.3 is 0 Å². The minimum atomic E-state index is -0.174. The number of likely N-dealkylation sites (N-methyl/N-ethyl adjacent to an activating group) is 1. The molecule has 1 amide bonds. The van der Waals surface area contributed by atoms with Crippen molar-refractivity contribution in [3.8, 4) is 0 Å². The van der Waals surface area contributed by atoms with Crippen LogP contribution in [0.15, 0.2) is 36.5 Å². The van der Waals surface area contributed by atoms with Crippen LogP contribution in [0.3, 0.4) is 0 Å². The number of nitrogens with one attached hydrogen (secondary N) is 1. The number of carbonyl (C=O) groups is 1. The molecule has 5 heteroatoms. The Morgan fingerprint density at radius 2 is 1.76 bits per heavy atom. The van der Waals surface area contributed by atoms with Crippen molar-refractivity contribution in [2.24, 2.45) is 0 Å². The van der Waals surface area contributed by atoms with Gasteiger partial charge in [0.1, 0.15) is 5.69 Å². The summed E-state index contributed by atoms with van der Waals surface area (Å²) in [6.07, 6.45) is 1.80. The van der Waals surface area contributed by atoms with Crippen LogP contribution in [0.5, 0.6) is 0 Å². The van der Waals surface area contributed by atoms with Gasteiger partial charge in [0.25, 0.3) is 5.91 Å². The summed E-state index contributed by atoms with van der Waals surface area (Å²) < 4.78 is 0. The average molecular weight is 338 g/mol. The number of nitrogens with zero attached hydrogens (tertiary/aromatic N) is 3. The number of anilines is 2. The first kappa shape index (κ1) is 17.4. The van der Waals surface area contributed by atoms with Crippen LogP contribution in [-0.4, -0.2) is 48.5 Å². The number of aromatic nitrogens is 1. The van der Waals surface area contributed by atoms with Crippen molar-refractivity contribution >= 4 is 17.3 Å². The second-order valence-electron chi connectivity index (χ2n) is 6.65. The summed E-state index contributed by atoms with van der Waals surface area (Å²) in [5.41, 5.74) is 4.59. The summed E-state index contributed by atoms with van der Waals surface area (Å²) in [4.78, 5) is 21.5. The zero-order valence-electron chi connectivity index (χ0n) is 15.2. The molecule has 0 radical (unpaired) electrons. The standard InChI is InChI=1S/C20H26N4O/c1-4-23-7-9-24(10-8-23)18-5-6-19(21-14-18)20(25)22-17-12-15(2)11-16(3)13-17/h5-6,11-14H,4,7-10H2,1-3H3,(H,22,25). The lowest BCUT2D eigenvalue weighted by Gasteiger charge is -2.35. The highest BCUT2D eigenvalue weighted by atomic mass is 16.1. The number of piperazine rings is 1. The van der Waals surface area contributed by atoms with Gasteiger partial charge in [0.15, 0.2) is 0 Å². The van der Waals surface area contributed by atoms with Crippen LogP contribution in [0, 0.1) is 13.8 Å². The first-order valence-electron chi connectivity index (χ1n) is 8.88. The minimum Gasteiger partial charge on any atom is -0.368 e. The Morgan fingerprint density at radius 3 is 2.32 bits per heavy atom. The molecule has 0 saturated carbocycles. The Balaban J connectivity index is 1.64. The second-order valence-corrected chi connectivity index (χ2v) is 6.65. The van der Waals surface area contributed by atoms with Gasteiger partial charge in [0, 0.05) is 31.9 Å². The Kier molecular flexibility index (Phi) is 5.34. The van der Waals surface area contributed by atoms with Crippen molar-refractivity contribution in [2.45, 2.75) is 20.8 Å². The molecule has 3 rings (SSSR count). The smallest absolute Gasteiger partial charge is 0.274 e. The molecule has 1 aromatic carbocycles. The van der Waals surface area contributed by atoms with Crippen molar-refractivity contribution < 1.29 is 4.79 Å². The van der Waals surface area contributed by atoms with E-state index in [4.69, 9.17) is 0 Å². The maximum atomic E-state index is 12.4. The lowest BCUT2D eigenvalue weighted by atomic mass is 10.1. The predicted molar refractivity (Wildman–Crippen MR) is 102 cm³/mol. The third-order valence-corrected chi connectivity index (χ3v) is 4.64. The molecule has 1 fully saturated rings. The van der Waals surface area contributed by atoms with E-state index in [9.17, 15) is 4.79 Å². The SMILES string of the molecule is CCN1CCN(c2ccc(C(=O)Nc3cc(C)cc(C)c3)nc2)CC1.